The lowest BCUT2D eigenvalue weighted by Crippen LogP contribution is -2.47. The molecule has 0 aromatic heterocycles. The van der Waals surface area contributed by atoms with E-state index in [1.165, 1.54) is 17.7 Å². The lowest BCUT2D eigenvalue weighted by Gasteiger charge is -2.34. The second kappa shape index (κ2) is 10.3. The molecule has 3 rings (SSSR count). The van der Waals surface area contributed by atoms with Crippen LogP contribution in [0.25, 0.3) is 0 Å². The molecular weight excluding hydrogens is 343 g/mol. The lowest BCUT2D eigenvalue weighted by atomic mass is 10.1. The van der Waals surface area contributed by atoms with Gasteiger partial charge in [0.25, 0.3) is 0 Å². The van der Waals surface area contributed by atoms with Crippen molar-refractivity contribution in [3.63, 3.8) is 0 Å². The lowest BCUT2D eigenvalue weighted by molar-refractivity contribution is 0.0670. The topological polar surface area (TPSA) is 32.8 Å². The number of carbonyl (C=O) groups is 1. The second-order valence-electron chi connectivity index (χ2n) is 6.90. The molecule has 1 aliphatic rings. The third kappa shape index (κ3) is 6.54. The highest BCUT2D eigenvalue weighted by Crippen LogP contribution is 2.08. The van der Waals surface area contributed by atoms with Crippen LogP contribution in [0.2, 0.25) is 0 Å². The molecule has 1 fully saturated rings. The highest BCUT2D eigenvalue weighted by molar-refractivity contribution is 5.96. The summed E-state index contributed by atoms with van der Waals surface area (Å²) in [5, 5.41) is 0. The van der Waals surface area contributed by atoms with Crippen LogP contribution in [-0.2, 0) is 11.3 Å². The van der Waals surface area contributed by atoms with Crippen molar-refractivity contribution >= 4 is 5.78 Å². The van der Waals surface area contributed by atoms with Gasteiger partial charge in [-0.15, -0.1) is 0 Å². The number of rotatable bonds is 9. The zero-order chi connectivity index (χ0) is 18.9. The van der Waals surface area contributed by atoms with E-state index in [0.29, 0.717) is 18.6 Å². The number of piperazine rings is 1. The van der Waals surface area contributed by atoms with Gasteiger partial charge in [-0.2, -0.15) is 0 Å². The summed E-state index contributed by atoms with van der Waals surface area (Å²) in [6.45, 7) is 7.03. The Labute approximate surface area is 160 Å². The van der Waals surface area contributed by atoms with Crippen molar-refractivity contribution in [1.29, 1.82) is 0 Å². The maximum Gasteiger partial charge on any atom is 0.164 e. The summed E-state index contributed by atoms with van der Waals surface area (Å²) < 4.78 is 18.7. The maximum absolute atomic E-state index is 12.9. The summed E-state index contributed by atoms with van der Waals surface area (Å²) in [6.07, 6.45) is 0.478. The van der Waals surface area contributed by atoms with Crippen molar-refractivity contribution in [3.8, 4) is 0 Å². The number of halogens is 1. The van der Waals surface area contributed by atoms with Crippen molar-refractivity contribution in [3.05, 3.63) is 71.5 Å². The summed E-state index contributed by atoms with van der Waals surface area (Å²) in [7, 11) is 0. The first kappa shape index (κ1) is 19.7. The molecule has 0 unspecified atom stereocenters. The molecule has 0 N–H and O–H groups in total. The molecule has 0 aliphatic carbocycles. The standard InChI is InChI=1S/C22H27FN2O2/c23-21-8-6-20(7-9-21)22(26)10-11-24-12-14-25(15-13-24)16-17-27-18-19-4-2-1-3-5-19/h1-9H,10-18H2. The van der Waals surface area contributed by atoms with Gasteiger partial charge >= 0.3 is 0 Å². The molecule has 1 aliphatic heterocycles. The van der Waals surface area contributed by atoms with E-state index in [-0.39, 0.29) is 11.6 Å². The van der Waals surface area contributed by atoms with Gasteiger partial charge in [-0.05, 0) is 29.8 Å². The molecule has 5 heteroatoms. The Balaban J connectivity index is 1.28. The third-order valence-electron chi connectivity index (χ3n) is 4.95. The van der Waals surface area contributed by atoms with Crippen LogP contribution in [0.4, 0.5) is 4.39 Å². The zero-order valence-electron chi connectivity index (χ0n) is 15.6. The number of ether oxygens (including phenoxy) is 1. The van der Waals surface area contributed by atoms with E-state index < -0.39 is 0 Å². The highest BCUT2D eigenvalue weighted by Gasteiger charge is 2.17. The number of carbonyl (C=O) groups excluding carboxylic acids is 1. The molecule has 0 radical (unpaired) electrons. The summed E-state index contributed by atoms with van der Waals surface area (Å²) in [6, 6.07) is 16.0. The average Bonchev–Trinajstić information content (AvgIpc) is 2.71. The summed E-state index contributed by atoms with van der Waals surface area (Å²) in [4.78, 5) is 16.9. The van der Waals surface area contributed by atoms with Gasteiger partial charge < -0.3 is 9.64 Å². The SMILES string of the molecule is O=C(CCN1CCN(CCOCc2ccccc2)CC1)c1ccc(F)cc1. The van der Waals surface area contributed by atoms with Crippen LogP contribution in [-0.4, -0.2) is 61.5 Å². The number of benzene rings is 2. The van der Waals surface area contributed by atoms with Gasteiger partial charge in [-0.3, -0.25) is 9.69 Å². The normalized spacial score (nSPS) is 15.7. The van der Waals surface area contributed by atoms with Gasteiger partial charge in [0.2, 0.25) is 0 Å². The fourth-order valence-electron chi connectivity index (χ4n) is 3.23. The van der Waals surface area contributed by atoms with Crippen molar-refractivity contribution in [2.24, 2.45) is 0 Å². The van der Waals surface area contributed by atoms with E-state index in [4.69, 9.17) is 4.74 Å². The first-order chi connectivity index (χ1) is 13.2. The molecule has 1 heterocycles. The molecule has 0 atom stereocenters. The Morgan fingerprint density at radius 1 is 0.889 bits per heavy atom. The molecule has 27 heavy (non-hydrogen) atoms. The van der Waals surface area contributed by atoms with Crippen LogP contribution in [0.15, 0.2) is 54.6 Å². The first-order valence-electron chi connectivity index (χ1n) is 9.56. The highest BCUT2D eigenvalue weighted by atomic mass is 19.1. The number of ketones is 1. The molecule has 0 amide bonds. The second-order valence-corrected chi connectivity index (χ2v) is 6.90. The molecule has 0 saturated carbocycles. The third-order valence-corrected chi connectivity index (χ3v) is 4.95. The Morgan fingerprint density at radius 2 is 1.52 bits per heavy atom. The Morgan fingerprint density at radius 3 is 2.19 bits per heavy atom. The van der Waals surface area contributed by atoms with Crippen LogP contribution in [0.5, 0.6) is 0 Å². The molecule has 2 aromatic rings. The Hall–Kier alpha value is -2.08. The maximum atomic E-state index is 12.9. The predicted molar refractivity (Wildman–Crippen MR) is 104 cm³/mol. The zero-order valence-corrected chi connectivity index (χ0v) is 15.6. The van der Waals surface area contributed by atoms with Gasteiger partial charge in [0.15, 0.2) is 5.78 Å². The van der Waals surface area contributed by atoms with Crippen LogP contribution < -0.4 is 0 Å². The van der Waals surface area contributed by atoms with E-state index in [0.717, 1.165) is 45.9 Å². The first-order valence-corrected chi connectivity index (χ1v) is 9.56. The summed E-state index contributed by atoms with van der Waals surface area (Å²) in [5.41, 5.74) is 1.79. The largest absolute Gasteiger partial charge is 0.375 e. The minimum Gasteiger partial charge on any atom is -0.375 e. The molecule has 0 spiro atoms. The van der Waals surface area contributed by atoms with E-state index >= 15 is 0 Å². The summed E-state index contributed by atoms with van der Waals surface area (Å²) in [5.74, 6) is -0.234. The van der Waals surface area contributed by atoms with Gasteiger partial charge in [0, 0.05) is 51.3 Å². The fraction of sp³-hybridized carbons (Fsp3) is 0.409. The van der Waals surface area contributed by atoms with Crippen molar-refractivity contribution in [2.75, 3.05) is 45.9 Å². The Bertz CT molecular complexity index is 698. The van der Waals surface area contributed by atoms with Crippen molar-refractivity contribution in [2.45, 2.75) is 13.0 Å². The van der Waals surface area contributed by atoms with Crippen LogP contribution in [0, 0.1) is 5.82 Å². The van der Waals surface area contributed by atoms with Gasteiger partial charge in [0.05, 0.1) is 13.2 Å². The van der Waals surface area contributed by atoms with Gasteiger partial charge in [-0.1, -0.05) is 30.3 Å². The molecular formula is C22H27FN2O2. The molecule has 2 aromatic carbocycles. The molecule has 1 saturated heterocycles. The van der Waals surface area contributed by atoms with Crippen LogP contribution in [0.1, 0.15) is 22.3 Å². The van der Waals surface area contributed by atoms with E-state index in [1.807, 2.05) is 18.2 Å². The summed E-state index contributed by atoms with van der Waals surface area (Å²) >= 11 is 0. The average molecular weight is 370 g/mol. The monoisotopic (exact) mass is 370 g/mol. The Kier molecular flexibility index (Phi) is 7.51. The number of nitrogens with zero attached hydrogens (tertiary/aromatic N) is 2. The number of Topliss-reactive ketones (excluding diaryl/α,β-unsaturated/α-hetero) is 1. The van der Waals surface area contributed by atoms with Gasteiger partial charge in [-0.25, -0.2) is 4.39 Å². The van der Waals surface area contributed by atoms with E-state index in [9.17, 15) is 9.18 Å². The van der Waals surface area contributed by atoms with E-state index in [2.05, 4.69) is 21.9 Å². The smallest absolute Gasteiger partial charge is 0.164 e. The minimum atomic E-state index is -0.310. The number of hydrogen-bond donors (Lipinski definition) is 0. The quantitative estimate of drug-likeness (QED) is 0.501. The number of hydrogen-bond acceptors (Lipinski definition) is 4. The van der Waals surface area contributed by atoms with Gasteiger partial charge in [0.1, 0.15) is 5.82 Å². The van der Waals surface area contributed by atoms with Crippen molar-refractivity contribution < 1.29 is 13.9 Å². The van der Waals surface area contributed by atoms with Crippen LogP contribution in [0.3, 0.4) is 0 Å². The van der Waals surface area contributed by atoms with Crippen molar-refractivity contribution in [1.82, 2.24) is 9.80 Å². The molecule has 144 valence electrons. The van der Waals surface area contributed by atoms with Crippen LogP contribution >= 0.6 is 0 Å². The predicted octanol–water partition coefficient (Wildman–Crippen LogP) is 3.23. The fourth-order valence-corrected chi connectivity index (χ4v) is 3.23. The molecule has 4 nitrogen and oxygen atoms in total. The minimum absolute atomic E-state index is 0.0757. The van der Waals surface area contributed by atoms with E-state index in [1.54, 1.807) is 12.1 Å². The molecule has 0 bridgehead atoms.